The molecule has 0 aliphatic heterocycles. The van der Waals surface area contributed by atoms with Crippen molar-refractivity contribution in [1.82, 2.24) is 4.57 Å². The molecule has 0 saturated carbocycles. The number of carbonyl (C=O) groups is 1. The summed E-state index contributed by atoms with van der Waals surface area (Å²) in [4.78, 5) is 16.2. The van der Waals surface area contributed by atoms with Crippen LogP contribution in [0.25, 0.3) is 5.69 Å². The van der Waals surface area contributed by atoms with Gasteiger partial charge in [-0.25, -0.2) is 4.79 Å². The zero-order chi connectivity index (χ0) is 19.6. The van der Waals surface area contributed by atoms with Gasteiger partial charge in [0.05, 0.1) is 23.4 Å². The lowest BCUT2D eigenvalue weighted by Crippen LogP contribution is -2.00. The first-order valence-corrected chi connectivity index (χ1v) is 9.44. The van der Waals surface area contributed by atoms with E-state index >= 15 is 0 Å². The number of hydrogen-bond acceptors (Lipinski definition) is 3. The highest BCUT2D eigenvalue weighted by Gasteiger charge is 2.11. The van der Waals surface area contributed by atoms with Crippen LogP contribution in [0.15, 0.2) is 58.0 Å². The summed E-state index contributed by atoms with van der Waals surface area (Å²) < 4.78 is 7.95. The van der Waals surface area contributed by atoms with Crippen LogP contribution in [-0.4, -0.2) is 23.9 Å². The molecule has 0 spiro atoms. The molecule has 0 fully saturated rings. The Labute approximate surface area is 171 Å². The molecule has 0 aliphatic rings. The third-order valence-corrected chi connectivity index (χ3v) is 5.11. The highest BCUT2D eigenvalue weighted by Crippen LogP contribution is 2.27. The molecule has 0 amide bonds. The van der Waals surface area contributed by atoms with Gasteiger partial charge in [0.2, 0.25) is 0 Å². The maximum absolute atomic E-state index is 11.7. The number of aromatic nitrogens is 1. The molecule has 2 aromatic carbocycles. The van der Waals surface area contributed by atoms with Crippen LogP contribution in [0.1, 0.15) is 27.3 Å². The Morgan fingerprint density at radius 2 is 1.85 bits per heavy atom. The van der Waals surface area contributed by atoms with Crippen LogP contribution in [0.2, 0.25) is 5.02 Å². The molecule has 1 aromatic heterocycles. The number of aliphatic imine (C=N–C) groups is 1. The molecule has 0 unspecified atom stereocenters. The van der Waals surface area contributed by atoms with E-state index in [0.29, 0.717) is 16.3 Å². The summed E-state index contributed by atoms with van der Waals surface area (Å²) in [6, 6.07) is 15.1. The van der Waals surface area contributed by atoms with Crippen molar-refractivity contribution in [3.05, 3.63) is 80.5 Å². The molecule has 3 rings (SSSR count). The number of benzene rings is 2. The first-order valence-electron chi connectivity index (χ1n) is 8.27. The Morgan fingerprint density at radius 3 is 2.52 bits per heavy atom. The van der Waals surface area contributed by atoms with E-state index in [-0.39, 0.29) is 0 Å². The number of aryl methyl sites for hydroxylation is 1. The summed E-state index contributed by atoms with van der Waals surface area (Å²) in [5, 5.41) is 0.473. The molecule has 0 atom stereocenters. The van der Waals surface area contributed by atoms with Gasteiger partial charge in [0.1, 0.15) is 0 Å². The second-order valence-corrected chi connectivity index (χ2v) is 7.38. The lowest BCUT2D eigenvalue weighted by Gasteiger charge is -2.09. The van der Waals surface area contributed by atoms with E-state index < -0.39 is 5.97 Å². The fraction of sp³-hybridized carbons (Fsp3) is 0.143. The smallest absolute Gasteiger partial charge is 0.337 e. The Kier molecular flexibility index (Phi) is 5.82. The molecule has 27 heavy (non-hydrogen) atoms. The summed E-state index contributed by atoms with van der Waals surface area (Å²) in [7, 11) is 1.34. The van der Waals surface area contributed by atoms with Gasteiger partial charge in [-0.2, -0.15) is 0 Å². The second kappa shape index (κ2) is 8.11. The van der Waals surface area contributed by atoms with E-state index in [4.69, 9.17) is 16.3 Å². The van der Waals surface area contributed by atoms with Crippen molar-refractivity contribution in [3.63, 3.8) is 0 Å². The Morgan fingerprint density at radius 1 is 1.15 bits per heavy atom. The van der Waals surface area contributed by atoms with Gasteiger partial charge in [-0.15, -0.1) is 0 Å². The Bertz CT molecular complexity index is 1020. The maximum Gasteiger partial charge on any atom is 0.337 e. The van der Waals surface area contributed by atoms with Crippen molar-refractivity contribution in [3.8, 4) is 5.69 Å². The van der Waals surface area contributed by atoms with E-state index in [2.05, 4.69) is 50.6 Å². The monoisotopic (exact) mass is 444 g/mol. The standard InChI is InChI=1S/C21H18BrClN2O2/c1-13-10-16(14(2)25(13)18-7-5-17(22)6-8-18)12-24-20-11-15(21(26)27-3)4-9-19(20)23/h4-12H,1-3H3. The number of ether oxygens (including phenoxy) is 1. The van der Waals surface area contributed by atoms with Gasteiger partial charge in [0, 0.05) is 33.3 Å². The second-order valence-electron chi connectivity index (χ2n) is 6.05. The molecule has 6 heteroatoms. The minimum atomic E-state index is -0.420. The number of halogens is 2. The first-order chi connectivity index (χ1) is 12.9. The normalized spacial score (nSPS) is 11.1. The number of carbonyl (C=O) groups excluding carboxylic acids is 1. The molecular formula is C21H18BrClN2O2. The SMILES string of the molecule is COC(=O)c1ccc(Cl)c(N=Cc2cc(C)n(-c3ccc(Br)cc3)c2C)c1. The molecule has 0 radical (unpaired) electrons. The van der Waals surface area contributed by atoms with E-state index in [1.54, 1.807) is 24.4 Å². The van der Waals surface area contributed by atoms with Gasteiger partial charge < -0.3 is 9.30 Å². The van der Waals surface area contributed by atoms with Crippen molar-refractivity contribution in [2.45, 2.75) is 13.8 Å². The quantitative estimate of drug-likeness (QED) is 0.362. The van der Waals surface area contributed by atoms with Gasteiger partial charge in [-0.3, -0.25) is 4.99 Å². The summed E-state index contributed by atoms with van der Waals surface area (Å²) in [5.41, 5.74) is 5.17. The molecular weight excluding hydrogens is 428 g/mol. The van der Waals surface area contributed by atoms with E-state index in [1.165, 1.54) is 7.11 Å². The number of hydrogen-bond donors (Lipinski definition) is 0. The number of nitrogens with zero attached hydrogens (tertiary/aromatic N) is 2. The van der Waals surface area contributed by atoms with Crippen molar-refractivity contribution in [1.29, 1.82) is 0 Å². The van der Waals surface area contributed by atoms with Crippen LogP contribution in [0.5, 0.6) is 0 Å². The Balaban J connectivity index is 1.96. The molecule has 0 N–H and O–H groups in total. The molecule has 3 aromatic rings. The molecule has 1 heterocycles. The van der Waals surface area contributed by atoms with Crippen LogP contribution in [0.4, 0.5) is 5.69 Å². The number of rotatable bonds is 4. The molecule has 4 nitrogen and oxygen atoms in total. The zero-order valence-electron chi connectivity index (χ0n) is 15.2. The minimum Gasteiger partial charge on any atom is -0.465 e. The van der Waals surface area contributed by atoms with Gasteiger partial charge in [0.15, 0.2) is 0 Å². The highest BCUT2D eigenvalue weighted by atomic mass is 79.9. The van der Waals surface area contributed by atoms with E-state index in [9.17, 15) is 4.79 Å². The summed E-state index contributed by atoms with van der Waals surface area (Å²) in [5.74, 6) is -0.420. The van der Waals surface area contributed by atoms with Crippen LogP contribution < -0.4 is 0 Å². The average molecular weight is 446 g/mol. The lowest BCUT2D eigenvalue weighted by atomic mass is 10.2. The van der Waals surface area contributed by atoms with Gasteiger partial charge in [-0.05, 0) is 62.4 Å². The zero-order valence-corrected chi connectivity index (χ0v) is 17.5. The van der Waals surface area contributed by atoms with Crippen LogP contribution in [0.3, 0.4) is 0 Å². The highest BCUT2D eigenvalue weighted by molar-refractivity contribution is 9.10. The van der Waals surface area contributed by atoms with Crippen molar-refractivity contribution in [2.75, 3.05) is 7.11 Å². The van der Waals surface area contributed by atoms with Gasteiger partial charge in [0.25, 0.3) is 0 Å². The first kappa shape index (κ1) is 19.4. The number of methoxy groups -OCH3 is 1. The predicted molar refractivity (Wildman–Crippen MR) is 113 cm³/mol. The summed E-state index contributed by atoms with van der Waals surface area (Å²) >= 11 is 9.68. The largest absolute Gasteiger partial charge is 0.465 e. The molecule has 0 aliphatic carbocycles. The lowest BCUT2D eigenvalue weighted by molar-refractivity contribution is 0.0601. The molecule has 0 bridgehead atoms. The molecule has 0 saturated heterocycles. The summed E-state index contributed by atoms with van der Waals surface area (Å²) in [6.45, 7) is 4.10. The topological polar surface area (TPSA) is 43.6 Å². The van der Waals surface area contributed by atoms with E-state index in [0.717, 1.165) is 27.1 Å². The fourth-order valence-electron chi connectivity index (χ4n) is 2.90. The van der Waals surface area contributed by atoms with Crippen molar-refractivity contribution < 1.29 is 9.53 Å². The number of esters is 1. The van der Waals surface area contributed by atoms with Crippen molar-refractivity contribution in [2.24, 2.45) is 4.99 Å². The summed E-state index contributed by atoms with van der Waals surface area (Å²) in [6.07, 6.45) is 1.76. The minimum absolute atomic E-state index is 0.411. The third kappa shape index (κ3) is 4.15. The van der Waals surface area contributed by atoms with Gasteiger partial charge in [-0.1, -0.05) is 27.5 Å². The average Bonchev–Trinajstić information content (AvgIpc) is 2.95. The fourth-order valence-corrected chi connectivity index (χ4v) is 3.33. The third-order valence-electron chi connectivity index (χ3n) is 4.27. The van der Waals surface area contributed by atoms with E-state index in [1.807, 2.05) is 19.1 Å². The van der Waals surface area contributed by atoms with Crippen LogP contribution >= 0.6 is 27.5 Å². The van der Waals surface area contributed by atoms with Gasteiger partial charge >= 0.3 is 5.97 Å². The molecule has 138 valence electrons. The van der Waals surface area contributed by atoms with Crippen molar-refractivity contribution >= 4 is 45.4 Å². The predicted octanol–water partition coefficient (Wildman–Crippen LogP) is 6.05. The maximum atomic E-state index is 11.7. The van der Waals surface area contributed by atoms with Crippen LogP contribution in [-0.2, 0) is 4.74 Å². The Hall–Kier alpha value is -2.37. The van der Waals surface area contributed by atoms with Crippen LogP contribution in [0, 0.1) is 13.8 Å².